The van der Waals surface area contributed by atoms with Crippen LogP contribution in [-0.4, -0.2) is 90.3 Å². The first kappa shape index (κ1) is 48.7. The highest BCUT2D eigenvalue weighted by atomic mass is 127. The van der Waals surface area contributed by atoms with Crippen LogP contribution >= 0.6 is 22.6 Å². The van der Waals surface area contributed by atoms with Crippen LogP contribution in [0.3, 0.4) is 0 Å². The molecule has 2 aromatic heterocycles. The lowest BCUT2D eigenvalue weighted by Gasteiger charge is -2.29. The van der Waals surface area contributed by atoms with E-state index >= 15 is 0 Å². The van der Waals surface area contributed by atoms with Crippen molar-refractivity contribution in [3.8, 4) is 33.8 Å². The third-order valence-electron chi connectivity index (χ3n) is 11.2. The molecule has 66 heavy (non-hydrogen) atoms. The predicted molar refractivity (Wildman–Crippen MR) is 268 cm³/mol. The van der Waals surface area contributed by atoms with Gasteiger partial charge in [-0.15, -0.1) is 0 Å². The molecule has 4 N–H and O–H groups in total. The third-order valence-corrected chi connectivity index (χ3v) is 12.3. The minimum Gasteiger partial charge on any atom is -0.508 e. The fourth-order valence-electron chi connectivity index (χ4n) is 7.65. The van der Waals surface area contributed by atoms with E-state index in [1.165, 1.54) is 28.4 Å². The van der Waals surface area contributed by atoms with E-state index in [0.29, 0.717) is 35.8 Å². The summed E-state index contributed by atoms with van der Waals surface area (Å²) in [5.74, 6) is 1.37. The van der Waals surface area contributed by atoms with Gasteiger partial charge < -0.3 is 20.9 Å². The SMILES string of the molecule is CCCI.CCCN=C1NC(c2cccc(-c3cncnc3)c2)(c2ccc(OCCC)c(C)c2)C(=O)N1C.Cc1cc(C2(c3cccc(-c4cncnc4)c3)N=C(N)N(C)C2=O)ccc1O. The normalized spacial score (nSPS) is 18.2. The zero-order chi connectivity index (χ0) is 47.4. The zero-order valence-corrected chi connectivity index (χ0v) is 40.7. The summed E-state index contributed by atoms with van der Waals surface area (Å²) in [5, 5.41) is 13.4. The summed E-state index contributed by atoms with van der Waals surface area (Å²) in [6.45, 7) is 11.4. The lowest BCUT2D eigenvalue weighted by Crippen LogP contribution is -2.45. The molecule has 4 heterocycles. The molecule has 4 aromatic carbocycles. The Balaban J connectivity index is 0.000000205. The number of nitrogens with two attached hydrogens (primary N) is 1. The number of phenols is 1. The number of aromatic nitrogens is 4. The fraction of sp³-hybridized carbons (Fsp3) is 0.294. The van der Waals surface area contributed by atoms with Gasteiger partial charge in [0.05, 0.1) is 6.61 Å². The molecule has 2 atom stereocenters. The molecule has 14 nitrogen and oxygen atoms in total. The number of aliphatic imine (C=N–C) groups is 2. The van der Waals surface area contributed by atoms with Crippen LogP contribution in [-0.2, 0) is 20.7 Å². The molecule has 0 saturated carbocycles. The summed E-state index contributed by atoms with van der Waals surface area (Å²) in [5.41, 5.74) is 11.7. The number of nitrogens with one attached hydrogen (secondary N) is 1. The second kappa shape index (κ2) is 22.0. The molecule has 1 fully saturated rings. The number of nitrogens with zero attached hydrogens (tertiary/aromatic N) is 8. The number of aryl methyl sites for hydroxylation is 2. The minimum atomic E-state index is -1.32. The van der Waals surface area contributed by atoms with Crippen LogP contribution in [0.25, 0.3) is 22.3 Å². The molecule has 0 bridgehead atoms. The monoisotopic (exact) mass is 1000 g/mol. The molecule has 342 valence electrons. The fourth-order valence-corrected chi connectivity index (χ4v) is 7.65. The molecular weight excluding hydrogens is 944 g/mol. The van der Waals surface area contributed by atoms with Crippen molar-refractivity contribution in [2.75, 3.05) is 31.7 Å². The molecule has 2 aliphatic heterocycles. The van der Waals surface area contributed by atoms with Gasteiger partial charge in [-0.05, 0) is 118 Å². The molecule has 1 saturated heterocycles. The molecule has 2 unspecified atom stereocenters. The number of benzene rings is 4. The Hall–Kier alpha value is -6.75. The molecule has 6 aromatic rings. The first-order valence-corrected chi connectivity index (χ1v) is 23.4. The maximum Gasteiger partial charge on any atom is 0.266 e. The summed E-state index contributed by atoms with van der Waals surface area (Å²) >= 11 is 2.35. The Kier molecular flexibility index (Phi) is 16.2. The summed E-state index contributed by atoms with van der Waals surface area (Å²) < 4.78 is 7.18. The maximum absolute atomic E-state index is 13.9. The second-order valence-electron chi connectivity index (χ2n) is 15.9. The van der Waals surface area contributed by atoms with Gasteiger partial charge in [0.25, 0.3) is 11.8 Å². The third kappa shape index (κ3) is 10.1. The van der Waals surface area contributed by atoms with Crippen molar-refractivity contribution in [3.05, 3.63) is 156 Å². The van der Waals surface area contributed by atoms with E-state index in [2.05, 4.69) is 78.6 Å². The van der Waals surface area contributed by atoms with E-state index in [1.807, 2.05) is 73.7 Å². The Morgan fingerprint density at radius 1 is 0.697 bits per heavy atom. The van der Waals surface area contributed by atoms with Gasteiger partial charge >= 0.3 is 0 Å². The number of hydrogen-bond donors (Lipinski definition) is 3. The van der Waals surface area contributed by atoms with Crippen LogP contribution in [0.2, 0.25) is 0 Å². The molecular formula is C51H57IN10O4. The second-order valence-corrected chi connectivity index (χ2v) is 17.0. The van der Waals surface area contributed by atoms with Crippen LogP contribution in [0.5, 0.6) is 11.5 Å². The first-order chi connectivity index (χ1) is 31.9. The van der Waals surface area contributed by atoms with Crippen molar-refractivity contribution in [3.63, 3.8) is 0 Å². The average molecular weight is 1000 g/mol. The predicted octanol–water partition coefficient (Wildman–Crippen LogP) is 8.33. The van der Waals surface area contributed by atoms with Crippen LogP contribution in [0.15, 0.2) is 132 Å². The largest absolute Gasteiger partial charge is 0.508 e. The van der Waals surface area contributed by atoms with E-state index in [9.17, 15) is 14.7 Å². The molecule has 0 spiro atoms. The summed E-state index contributed by atoms with van der Waals surface area (Å²) in [4.78, 5) is 55.9. The zero-order valence-electron chi connectivity index (χ0n) is 38.5. The van der Waals surface area contributed by atoms with Crippen molar-refractivity contribution in [1.29, 1.82) is 0 Å². The number of carbonyl (C=O) groups excluding carboxylic acids is 2. The number of aromatic hydroxyl groups is 1. The van der Waals surface area contributed by atoms with Gasteiger partial charge in [0, 0.05) is 56.6 Å². The summed E-state index contributed by atoms with van der Waals surface area (Å²) in [6.07, 6.45) is 13.1. The van der Waals surface area contributed by atoms with E-state index in [4.69, 9.17) is 10.5 Å². The number of ether oxygens (including phenoxy) is 1. The van der Waals surface area contributed by atoms with Crippen molar-refractivity contribution in [2.45, 2.75) is 65.0 Å². The van der Waals surface area contributed by atoms with Crippen LogP contribution in [0.4, 0.5) is 0 Å². The molecule has 2 amide bonds. The lowest BCUT2D eigenvalue weighted by molar-refractivity contribution is -0.129. The number of phenolic OH excluding ortho intramolecular Hbond substituents is 1. The topological polar surface area (TPSA) is 184 Å². The Bertz CT molecular complexity index is 2700. The van der Waals surface area contributed by atoms with Gasteiger partial charge in [0.2, 0.25) is 5.96 Å². The number of rotatable bonds is 12. The van der Waals surface area contributed by atoms with Gasteiger partial charge in [0.15, 0.2) is 17.0 Å². The van der Waals surface area contributed by atoms with E-state index < -0.39 is 11.1 Å². The van der Waals surface area contributed by atoms with Gasteiger partial charge in [-0.1, -0.05) is 91.9 Å². The highest BCUT2D eigenvalue weighted by Gasteiger charge is 2.52. The highest BCUT2D eigenvalue weighted by molar-refractivity contribution is 14.1. The van der Waals surface area contributed by atoms with Crippen molar-refractivity contribution in [1.82, 2.24) is 35.1 Å². The smallest absolute Gasteiger partial charge is 0.266 e. The highest BCUT2D eigenvalue weighted by Crippen LogP contribution is 2.42. The Labute approximate surface area is 400 Å². The Morgan fingerprint density at radius 2 is 1.24 bits per heavy atom. The summed E-state index contributed by atoms with van der Waals surface area (Å²) in [7, 11) is 3.37. The molecule has 0 aliphatic carbocycles. The van der Waals surface area contributed by atoms with Crippen LogP contribution in [0, 0.1) is 13.8 Å². The molecule has 2 aliphatic rings. The number of alkyl halides is 1. The number of carbonyl (C=O) groups is 2. The quantitative estimate of drug-likeness (QED) is 0.0796. The number of hydrogen-bond acceptors (Lipinski definition) is 11. The standard InChI is InChI=1S/C27H31N5O2.C21H19N5O2.C3H7I/c1-5-12-30-26-31-27(25(33)32(26)4,23-10-11-24(19(3)14-23)34-13-6-2)22-9-7-8-20(15-22)21-16-28-18-29-17-21;1-13-8-17(6-7-18(13)27)21(19(28)26(2)20(22)25-21)16-5-3-4-14(9-16)15-10-23-12-24-11-15;1-2-3-4/h7-11,14-18H,5-6,12-13H2,1-4H3,(H,30,31);3-12,27H,1-2H3,(H2,22,25);2-3H2,1H3. The number of amides is 2. The molecule has 15 heteroatoms. The van der Waals surface area contributed by atoms with E-state index in [1.54, 1.807) is 68.9 Å². The maximum atomic E-state index is 13.9. The van der Waals surface area contributed by atoms with E-state index in [-0.39, 0.29) is 23.5 Å². The van der Waals surface area contributed by atoms with Crippen LogP contribution < -0.4 is 15.8 Å². The number of guanidine groups is 2. The number of likely N-dealkylation sites (N-methyl/N-ethyl adjacent to an activating group) is 2. The van der Waals surface area contributed by atoms with Gasteiger partial charge in [-0.25, -0.2) is 24.9 Å². The van der Waals surface area contributed by atoms with Crippen molar-refractivity contribution in [2.24, 2.45) is 15.7 Å². The average Bonchev–Trinajstić information content (AvgIpc) is 3.75. The molecule has 0 radical (unpaired) electrons. The van der Waals surface area contributed by atoms with Gasteiger partial charge in [0.1, 0.15) is 24.2 Å². The number of halogens is 1. The van der Waals surface area contributed by atoms with E-state index in [0.717, 1.165) is 57.5 Å². The summed E-state index contributed by atoms with van der Waals surface area (Å²) in [6, 6.07) is 26.5. The molecule has 8 rings (SSSR count). The van der Waals surface area contributed by atoms with Crippen molar-refractivity contribution < 1.29 is 19.4 Å². The Morgan fingerprint density at radius 3 is 1.77 bits per heavy atom. The van der Waals surface area contributed by atoms with Gasteiger partial charge in [-0.2, -0.15) is 0 Å². The first-order valence-electron chi connectivity index (χ1n) is 21.9. The minimum absolute atomic E-state index is 0.0783. The van der Waals surface area contributed by atoms with Gasteiger partial charge in [-0.3, -0.25) is 24.4 Å². The lowest BCUT2D eigenvalue weighted by atomic mass is 9.81. The van der Waals surface area contributed by atoms with Crippen LogP contribution in [0.1, 0.15) is 73.4 Å². The van der Waals surface area contributed by atoms with Crippen molar-refractivity contribution >= 4 is 46.3 Å².